The summed E-state index contributed by atoms with van der Waals surface area (Å²) in [7, 11) is -3.42. The average molecular weight is 475 g/mol. The molecule has 0 saturated heterocycles. The first kappa shape index (κ1) is 23.9. The number of carbonyl (C=O) groups excluding carboxylic acids is 2. The van der Waals surface area contributed by atoms with Crippen LogP contribution in [0, 0.1) is 0 Å². The quantitative estimate of drug-likeness (QED) is 0.486. The number of hydrogen-bond donors (Lipinski definition) is 0. The number of carbonyl (C=O) groups is 2. The standard InChI is InChI=1S/C23H26N2O5S2/c1-5-16-7-12-19-20(13-16)31-23(25(19)14-21(26)30-6-2)24-22(27)17-8-10-18(11-9-17)32(28,29)15(3)4/h7-13,15H,5-6,14H2,1-4H3. The van der Waals surface area contributed by atoms with E-state index in [1.54, 1.807) is 25.3 Å². The number of ether oxygens (including phenoxy) is 1. The van der Waals surface area contributed by atoms with Crippen LogP contribution in [0.1, 0.15) is 43.6 Å². The number of benzene rings is 2. The molecule has 0 bridgehead atoms. The van der Waals surface area contributed by atoms with Gasteiger partial charge in [0, 0.05) is 5.56 Å². The first-order valence-electron chi connectivity index (χ1n) is 10.4. The molecule has 0 aliphatic carbocycles. The smallest absolute Gasteiger partial charge is 0.326 e. The lowest BCUT2D eigenvalue weighted by molar-refractivity contribution is -0.143. The SMILES string of the molecule is CCOC(=O)Cn1c(=NC(=O)c2ccc(S(=O)(=O)C(C)C)cc2)sc2cc(CC)ccc21. The average Bonchev–Trinajstić information content (AvgIpc) is 3.09. The number of thiazole rings is 1. The second-order valence-electron chi connectivity index (χ2n) is 7.47. The molecule has 0 radical (unpaired) electrons. The second-order valence-corrected chi connectivity index (χ2v) is 11.0. The Morgan fingerprint density at radius 1 is 1.09 bits per heavy atom. The summed E-state index contributed by atoms with van der Waals surface area (Å²) >= 11 is 1.32. The Labute approximate surface area is 191 Å². The van der Waals surface area contributed by atoms with Gasteiger partial charge < -0.3 is 9.30 Å². The fourth-order valence-corrected chi connectivity index (χ4v) is 5.27. The molecule has 0 N–H and O–H groups in total. The number of nitrogens with zero attached hydrogens (tertiary/aromatic N) is 2. The molecule has 3 rings (SSSR count). The van der Waals surface area contributed by atoms with Crippen molar-refractivity contribution in [2.24, 2.45) is 4.99 Å². The Hall–Kier alpha value is -2.78. The zero-order chi connectivity index (χ0) is 23.5. The van der Waals surface area contributed by atoms with Gasteiger partial charge in [-0.2, -0.15) is 4.99 Å². The largest absolute Gasteiger partial charge is 0.465 e. The number of hydrogen-bond acceptors (Lipinski definition) is 6. The summed E-state index contributed by atoms with van der Waals surface area (Å²) in [6.07, 6.45) is 0.864. The molecule has 0 saturated carbocycles. The Morgan fingerprint density at radius 2 is 1.78 bits per heavy atom. The molecule has 0 unspecified atom stereocenters. The monoisotopic (exact) mass is 474 g/mol. The van der Waals surface area contributed by atoms with Crippen LogP contribution in [0.2, 0.25) is 0 Å². The van der Waals surface area contributed by atoms with Crippen molar-refractivity contribution in [1.29, 1.82) is 0 Å². The molecule has 0 aliphatic heterocycles. The van der Waals surface area contributed by atoms with Crippen molar-refractivity contribution >= 4 is 43.3 Å². The molecule has 7 nitrogen and oxygen atoms in total. The third kappa shape index (κ3) is 4.99. The fourth-order valence-electron chi connectivity index (χ4n) is 3.12. The number of aromatic nitrogens is 1. The number of sulfone groups is 1. The molecule has 1 amide bonds. The minimum Gasteiger partial charge on any atom is -0.465 e. The van der Waals surface area contributed by atoms with Crippen LogP contribution in [0.15, 0.2) is 52.4 Å². The van der Waals surface area contributed by atoms with E-state index in [2.05, 4.69) is 11.9 Å². The topological polar surface area (TPSA) is 94.8 Å². The first-order valence-corrected chi connectivity index (χ1v) is 12.7. The lowest BCUT2D eigenvalue weighted by Gasteiger charge is -2.07. The number of aryl methyl sites for hydroxylation is 1. The summed E-state index contributed by atoms with van der Waals surface area (Å²) in [5, 5.41) is -0.554. The maximum atomic E-state index is 12.8. The molecule has 3 aromatic rings. The van der Waals surface area contributed by atoms with Crippen molar-refractivity contribution in [2.75, 3.05) is 6.61 Å². The van der Waals surface area contributed by atoms with E-state index in [0.717, 1.165) is 22.2 Å². The van der Waals surface area contributed by atoms with Crippen LogP contribution in [0.5, 0.6) is 0 Å². The first-order chi connectivity index (χ1) is 15.2. The van der Waals surface area contributed by atoms with E-state index in [0.29, 0.717) is 4.80 Å². The Balaban J connectivity index is 2.04. The molecular weight excluding hydrogens is 448 g/mol. The number of esters is 1. The molecule has 0 atom stereocenters. The van der Waals surface area contributed by atoms with E-state index in [4.69, 9.17) is 4.74 Å². The van der Waals surface area contributed by atoms with Gasteiger partial charge in [-0.3, -0.25) is 9.59 Å². The van der Waals surface area contributed by atoms with Crippen molar-refractivity contribution in [3.05, 3.63) is 58.4 Å². The predicted molar refractivity (Wildman–Crippen MR) is 124 cm³/mol. The van der Waals surface area contributed by atoms with Crippen molar-refractivity contribution in [3.8, 4) is 0 Å². The van der Waals surface area contributed by atoms with Crippen LogP contribution >= 0.6 is 11.3 Å². The van der Waals surface area contributed by atoms with E-state index in [1.807, 2.05) is 18.2 Å². The highest BCUT2D eigenvalue weighted by Gasteiger charge is 2.19. The number of amides is 1. The third-order valence-electron chi connectivity index (χ3n) is 5.00. The second kappa shape index (κ2) is 9.79. The van der Waals surface area contributed by atoms with Gasteiger partial charge in [0.15, 0.2) is 14.6 Å². The van der Waals surface area contributed by atoms with Crippen LogP contribution in [0.4, 0.5) is 0 Å². The van der Waals surface area contributed by atoms with E-state index >= 15 is 0 Å². The third-order valence-corrected chi connectivity index (χ3v) is 8.21. The normalized spacial score (nSPS) is 12.5. The predicted octanol–water partition coefficient (Wildman–Crippen LogP) is 3.75. The van der Waals surface area contributed by atoms with Gasteiger partial charge in [-0.1, -0.05) is 24.3 Å². The maximum Gasteiger partial charge on any atom is 0.326 e. The van der Waals surface area contributed by atoms with Gasteiger partial charge >= 0.3 is 5.97 Å². The summed E-state index contributed by atoms with van der Waals surface area (Å²) in [5.41, 5.74) is 2.20. The van der Waals surface area contributed by atoms with E-state index in [9.17, 15) is 18.0 Å². The highest BCUT2D eigenvalue weighted by atomic mass is 32.2. The van der Waals surface area contributed by atoms with E-state index < -0.39 is 27.0 Å². The minimum absolute atomic E-state index is 0.0585. The zero-order valence-electron chi connectivity index (χ0n) is 18.5. The van der Waals surface area contributed by atoms with Gasteiger partial charge in [-0.05, 0) is 69.2 Å². The highest BCUT2D eigenvalue weighted by Crippen LogP contribution is 2.21. The van der Waals surface area contributed by atoms with E-state index in [1.165, 1.54) is 35.6 Å². The van der Waals surface area contributed by atoms with Crippen molar-refractivity contribution in [3.63, 3.8) is 0 Å². The Kier molecular flexibility index (Phi) is 7.30. The maximum absolute atomic E-state index is 12.8. The zero-order valence-corrected chi connectivity index (χ0v) is 20.1. The van der Waals surface area contributed by atoms with Crippen LogP contribution in [-0.4, -0.2) is 36.7 Å². The molecule has 0 spiro atoms. The summed E-state index contributed by atoms with van der Waals surface area (Å²) < 4.78 is 32.3. The van der Waals surface area contributed by atoms with Crippen LogP contribution in [0.25, 0.3) is 10.2 Å². The molecule has 170 valence electrons. The van der Waals surface area contributed by atoms with Crippen molar-refractivity contribution in [1.82, 2.24) is 4.57 Å². The fraction of sp³-hybridized carbons (Fsp3) is 0.348. The van der Waals surface area contributed by atoms with Crippen molar-refractivity contribution < 1.29 is 22.7 Å². The van der Waals surface area contributed by atoms with E-state index in [-0.39, 0.29) is 23.6 Å². The number of fused-ring (bicyclic) bond motifs is 1. The summed E-state index contributed by atoms with van der Waals surface area (Å²) in [4.78, 5) is 29.8. The van der Waals surface area contributed by atoms with Gasteiger partial charge in [-0.25, -0.2) is 8.42 Å². The summed E-state index contributed by atoms with van der Waals surface area (Å²) in [6, 6.07) is 11.7. The molecule has 2 aromatic carbocycles. The lowest BCUT2D eigenvalue weighted by atomic mass is 10.2. The molecule has 9 heteroatoms. The van der Waals surface area contributed by atoms with Gasteiger partial charge in [0.1, 0.15) is 6.54 Å². The van der Waals surface area contributed by atoms with Gasteiger partial charge in [0.25, 0.3) is 5.91 Å². The molecule has 32 heavy (non-hydrogen) atoms. The van der Waals surface area contributed by atoms with Crippen LogP contribution < -0.4 is 4.80 Å². The lowest BCUT2D eigenvalue weighted by Crippen LogP contribution is -2.23. The Morgan fingerprint density at radius 3 is 2.38 bits per heavy atom. The molecular formula is C23H26N2O5S2. The molecule has 0 aliphatic rings. The van der Waals surface area contributed by atoms with Gasteiger partial charge in [0.05, 0.1) is 27.0 Å². The molecule has 1 aromatic heterocycles. The number of rotatable bonds is 7. The Bertz CT molecular complexity index is 1320. The van der Waals surface area contributed by atoms with Crippen molar-refractivity contribution in [2.45, 2.75) is 50.8 Å². The highest BCUT2D eigenvalue weighted by molar-refractivity contribution is 7.92. The molecule has 1 heterocycles. The van der Waals surface area contributed by atoms with Gasteiger partial charge in [0.2, 0.25) is 0 Å². The summed E-state index contributed by atoms with van der Waals surface area (Å²) in [6.45, 7) is 7.21. The van der Waals surface area contributed by atoms with Gasteiger partial charge in [-0.15, -0.1) is 0 Å². The van der Waals surface area contributed by atoms with Crippen LogP contribution in [0.3, 0.4) is 0 Å². The van der Waals surface area contributed by atoms with Crippen LogP contribution in [-0.2, 0) is 32.3 Å². The molecule has 0 fully saturated rings. The summed E-state index contributed by atoms with van der Waals surface area (Å²) in [5.74, 6) is -0.928. The minimum atomic E-state index is -3.42.